The van der Waals surface area contributed by atoms with E-state index in [0.29, 0.717) is 18.3 Å². The van der Waals surface area contributed by atoms with E-state index in [1.54, 1.807) is 0 Å². The summed E-state index contributed by atoms with van der Waals surface area (Å²) in [6, 6.07) is 0. The molecule has 0 aliphatic carbocycles. The Hall–Kier alpha value is -1.10. The van der Waals surface area contributed by atoms with Crippen LogP contribution in [0.2, 0.25) is 0 Å². The van der Waals surface area contributed by atoms with Gasteiger partial charge in [-0.2, -0.15) is 0 Å². The number of hydrogen-bond acceptors (Lipinski definition) is 4. The van der Waals surface area contributed by atoms with Gasteiger partial charge in [-0.15, -0.1) is 0 Å². The highest BCUT2D eigenvalue weighted by molar-refractivity contribution is 4.93. The van der Waals surface area contributed by atoms with Crippen LogP contribution in [0.25, 0.3) is 0 Å². The minimum absolute atomic E-state index is 0.0957. The Kier molecular flexibility index (Phi) is 5.25. The van der Waals surface area contributed by atoms with E-state index in [-0.39, 0.29) is 5.92 Å². The molecule has 1 aromatic rings. The van der Waals surface area contributed by atoms with Crippen molar-refractivity contribution in [3.63, 3.8) is 0 Å². The molecular formula is C11H21N3O2. The third-order valence-corrected chi connectivity index (χ3v) is 2.87. The van der Waals surface area contributed by atoms with Crippen molar-refractivity contribution in [2.75, 3.05) is 6.54 Å². The molecule has 2 atom stereocenters. The summed E-state index contributed by atoms with van der Waals surface area (Å²) >= 11 is 0. The van der Waals surface area contributed by atoms with Gasteiger partial charge in [-0.1, -0.05) is 38.3 Å². The Morgan fingerprint density at radius 3 is 2.81 bits per heavy atom. The van der Waals surface area contributed by atoms with E-state index in [4.69, 9.17) is 5.73 Å². The van der Waals surface area contributed by atoms with Crippen LogP contribution in [-0.4, -0.2) is 16.7 Å². The molecule has 3 N–H and O–H groups in total. The molecule has 0 amide bonds. The van der Waals surface area contributed by atoms with Gasteiger partial charge < -0.3 is 5.73 Å². The number of nitrogens with one attached hydrogen (secondary N) is 1. The lowest BCUT2D eigenvalue weighted by atomic mass is 9.91. The Morgan fingerprint density at radius 2 is 2.31 bits per heavy atom. The van der Waals surface area contributed by atoms with Crippen LogP contribution in [0.4, 0.5) is 0 Å². The highest BCUT2D eigenvalue weighted by Gasteiger charge is 2.17. The fourth-order valence-electron chi connectivity index (χ4n) is 1.89. The number of hydrogen-bond donors (Lipinski definition) is 2. The molecule has 1 aromatic heterocycles. The SMILES string of the molecule is CCCCC(C)CC(CN)c1noc(=O)[nH]1. The standard InChI is InChI=1S/C11H21N3O2/c1-3-4-5-8(2)6-9(7-12)10-13-11(15)16-14-10/h8-9H,3-7,12H2,1-2H3,(H,13,14,15). The summed E-state index contributed by atoms with van der Waals surface area (Å²) in [4.78, 5) is 13.4. The second-order valence-electron chi connectivity index (χ2n) is 4.40. The van der Waals surface area contributed by atoms with Crippen LogP contribution in [0.3, 0.4) is 0 Å². The lowest BCUT2D eigenvalue weighted by Gasteiger charge is -2.16. The molecule has 5 heteroatoms. The molecule has 0 saturated carbocycles. The molecule has 2 unspecified atom stereocenters. The Morgan fingerprint density at radius 1 is 1.56 bits per heavy atom. The van der Waals surface area contributed by atoms with Gasteiger partial charge in [0.2, 0.25) is 0 Å². The van der Waals surface area contributed by atoms with Crippen molar-refractivity contribution in [1.29, 1.82) is 0 Å². The zero-order chi connectivity index (χ0) is 12.0. The second-order valence-corrected chi connectivity index (χ2v) is 4.40. The summed E-state index contributed by atoms with van der Waals surface area (Å²) in [6.07, 6.45) is 4.57. The molecule has 0 aliphatic rings. The van der Waals surface area contributed by atoms with E-state index >= 15 is 0 Å². The van der Waals surface area contributed by atoms with Gasteiger partial charge in [0.1, 0.15) is 0 Å². The van der Waals surface area contributed by atoms with Gasteiger partial charge in [-0.05, 0) is 12.3 Å². The number of unbranched alkanes of at least 4 members (excludes halogenated alkanes) is 1. The molecule has 5 nitrogen and oxygen atoms in total. The fraction of sp³-hybridized carbons (Fsp3) is 0.818. The molecule has 0 aliphatic heterocycles. The maximum atomic E-state index is 10.8. The average Bonchev–Trinajstić information content (AvgIpc) is 2.69. The van der Waals surface area contributed by atoms with E-state index < -0.39 is 5.76 Å². The van der Waals surface area contributed by atoms with E-state index in [2.05, 4.69) is 28.5 Å². The van der Waals surface area contributed by atoms with Gasteiger partial charge in [0.15, 0.2) is 5.82 Å². The smallest absolute Gasteiger partial charge is 0.330 e. The Bertz CT molecular complexity index is 345. The van der Waals surface area contributed by atoms with Gasteiger partial charge in [0.25, 0.3) is 0 Å². The first-order chi connectivity index (χ1) is 7.67. The topological polar surface area (TPSA) is 84.9 Å². The largest absolute Gasteiger partial charge is 0.438 e. The molecule has 16 heavy (non-hydrogen) atoms. The molecule has 0 saturated heterocycles. The first kappa shape index (κ1) is 13.0. The van der Waals surface area contributed by atoms with E-state index in [0.717, 1.165) is 6.42 Å². The van der Waals surface area contributed by atoms with Crippen molar-refractivity contribution < 1.29 is 4.52 Å². The number of nitrogens with zero attached hydrogens (tertiary/aromatic N) is 1. The minimum atomic E-state index is -0.505. The average molecular weight is 227 g/mol. The van der Waals surface area contributed by atoms with Crippen molar-refractivity contribution in [3.8, 4) is 0 Å². The lowest BCUT2D eigenvalue weighted by molar-refractivity contribution is 0.366. The number of aromatic nitrogens is 2. The van der Waals surface area contributed by atoms with Crippen LogP contribution < -0.4 is 11.5 Å². The fourth-order valence-corrected chi connectivity index (χ4v) is 1.89. The van der Waals surface area contributed by atoms with Crippen LogP contribution in [-0.2, 0) is 0 Å². The highest BCUT2D eigenvalue weighted by Crippen LogP contribution is 2.22. The van der Waals surface area contributed by atoms with E-state index in [9.17, 15) is 4.79 Å². The number of H-pyrrole nitrogens is 1. The molecule has 92 valence electrons. The predicted octanol–water partition coefficient (Wildman–Crippen LogP) is 1.62. The molecule has 1 rings (SSSR count). The maximum absolute atomic E-state index is 10.8. The summed E-state index contributed by atoms with van der Waals surface area (Å²) < 4.78 is 4.49. The van der Waals surface area contributed by atoms with Gasteiger partial charge in [-0.25, -0.2) is 4.79 Å². The van der Waals surface area contributed by atoms with Crippen LogP contribution in [0.1, 0.15) is 51.3 Å². The van der Waals surface area contributed by atoms with E-state index in [1.165, 1.54) is 19.3 Å². The third-order valence-electron chi connectivity index (χ3n) is 2.87. The molecule has 1 heterocycles. The zero-order valence-electron chi connectivity index (χ0n) is 10.0. The second kappa shape index (κ2) is 6.48. The van der Waals surface area contributed by atoms with E-state index in [1.807, 2.05) is 0 Å². The van der Waals surface area contributed by atoms with Crippen LogP contribution in [0, 0.1) is 5.92 Å². The van der Waals surface area contributed by atoms with Crippen LogP contribution >= 0.6 is 0 Å². The summed E-state index contributed by atoms with van der Waals surface area (Å²) in [5, 5.41) is 3.70. The highest BCUT2D eigenvalue weighted by atomic mass is 16.5. The first-order valence-electron chi connectivity index (χ1n) is 5.93. The molecule has 0 fully saturated rings. The Balaban J connectivity index is 2.52. The molecular weight excluding hydrogens is 206 g/mol. The normalized spacial score (nSPS) is 14.9. The monoisotopic (exact) mass is 227 g/mol. The van der Waals surface area contributed by atoms with Crippen LogP contribution in [0.15, 0.2) is 9.32 Å². The number of aromatic amines is 1. The minimum Gasteiger partial charge on any atom is -0.330 e. The first-order valence-corrected chi connectivity index (χ1v) is 5.93. The zero-order valence-corrected chi connectivity index (χ0v) is 10.0. The number of rotatable bonds is 7. The quantitative estimate of drug-likeness (QED) is 0.741. The number of nitrogens with two attached hydrogens (primary N) is 1. The van der Waals surface area contributed by atoms with Gasteiger partial charge in [0, 0.05) is 12.5 Å². The van der Waals surface area contributed by atoms with Crippen molar-refractivity contribution in [3.05, 3.63) is 16.4 Å². The van der Waals surface area contributed by atoms with Crippen molar-refractivity contribution in [2.24, 2.45) is 11.7 Å². The lowest BCUT2D eigenvalue weighted by Crippen LogP contribution is -2.17. The summed E-state index contributed by atoms with van der Waals surface area (Å²) in [7, 11) is 0. The Labute approximate surface area is 95.4 Å². The van der Waals surface area contributed by atoms with Gasteiger partial charge >= 0.3 is 5.76 Å². The van der Waals surface area contributed by atoms with Gasteiger partial charge in [-0.3, -0.25) is 9.51 Å². The maximum Gasteiger partial charge on any atom is 0.438 e. The van der Waals surface area contributed by atoms with Crippen molar-refractivity contribution in [2.45, 2.75) is 45.4 Å². The molecule has 0 radical (unpaired) electrons. The van der Waals surface area contributed by atoms with Crippen molar-refractivity contribution >= 4 is 0 Å². The summed E-state index contributed by atoms with van der Waals surface area (Å²) in [5.41, 5.74) is 5.69. The predicted molar refractivity (Wildman–Crippen MR) is 62.2 cm³/mol. The third kappa shape index (κ3) is 3.81. The van der Waals surface area contributed by atoms with Gasteiger partial charge in [0.05, 0.1) is 0 Å². The molecule has 0 bridgehead atoms. The summed E-state index contributed by atoms with van der Waals surface area (Å²) in [5.74, 6) is 0.762. The molecule has 0 spiro atoms. The van der Waals surface area contributed by atoms with Crippen molar-refractivity contribution in [1.82, 2.24) is 10.1 Å². The molecule has 0 aromatic carbocycles. The summed E-state index contributed by atoms with van der Waals surface area (Å²) in [6.45, 7) is 4.87. The van der Waals surface area contributed by atoms with Crippen LogP contribution in [0.5, 0.6) is 0 Å².